The number of hydrogen-bond acceptors (Lipinski definition) is 1. The van der Waals surface area contributed by atoms with Crippen LogP contribution in [0.2, 0.25) is 0 Å². The normalized spacial score (nSPS) is 8.11. The van der Waals surface area contributed by atoms with Gasteiger partial charge in [0, 0.05) is 6.42 Å². The van der Waals surface area contributed by atoms with Crippen molar-refractivity contribution in [3.05, 3.63) is 0 Å². The van der Waals surface area contributed by atoms with Crippen LogP contribution < -0.4 is 0 Å². The molecule has 0 saturated heterocycles. The second-order valence-electron chi connectivity index (χ2n) is 2.02. The molecule has 0 aromatic carbocycles. The summed E-state index contributed by atoms with van der Waals surface area (Å²) in [7, 11) is 0. The molecule has 0 saturated carbocycles. The molecular weight excluding hydrogens is 139 g/mol. The van der Waals surface area contributed by atoms with E-state index in [4.69, 9.17) is 0 Å². The van der Waals surface area contributed by atoms with Crippen molar-refractivity contribution in [3.8, 4) is 0 Å². The van der Waals surface area contributed by atoms with Crippen molar-refractivity contribution in [3.63, 3.8) is 0 Å². The minimum atomic E-state index is 0. The van der Waals surface area contributed by atoms with E-state index in [1.54, 1.807) is 0 Å². The molecular formula is C7H15KO. The third kappa shape index (κ3) is 12.5. The number of hydrogen-bond donors (Lipinski definition) is 0. The van der Waals surface area contributed by atoms with Gasteiger partial charge in [-0.05, 0) is 6.42 Å². The molecule has 50 valence electrons. The first-order valence-electron chi connectivity index (χ1n) is 3.35. The van der Waals surface area contributed by atoms with Crippen LogP contribution in [-0.2, 0) is 4.79 Å². The minimum absolute atomic E-state index is 0. The third-order valence-corrected chi connectivity index (χ3v) is 1.18. The SMILES string of the molecule is CCCCCCC=O.[KH]. The van der Waals surface area contributed by atoms with E-state index < -0.39 is 0 Å². The molecule has 0 aromatic rings. The predicted octanol–water partition coefficient (Wildman–Crippen LogP) is 1.51. The van der Waals surface area contributed by atoms with E-state index in [9.17, 15) is 4.79 Å². The Morgan fingerprint density at radius 2 is 1.89 bits per heavy atom. The van der Waals surface area contributed by atoms with Crippen LogP contribution in [0.15, 0.2) is 0 Å². The first-order valence-corrected chi connectivity index (χ1v) is 3.35. The zero-order valence-electron chi connectivity index (χ0n) is 5.52. The molecule has 0 N–H and O–H groups in total. The van der Waals surface area contributed by atoms with E-state index in [0.29, 0.717) is 0 Å². The van der Waals surface area contributed by atoms with Crippen molar-refractivity contribution in [2.75, 3.05) is 0 Å². The Hall–Kier alpha value is 1.31. The standard InChI is InChI=1S/C7H14O.K.H/c1-2-3-4-5-6-7-8;;/h7H,2-6H2,1H3;;. The van der Waals surface area contributed by atoms with E-state index in [1.807, 2.05) is 0 Å². The van der Waals surface area contributed by atoms with Gasteiger partial charge in [0.25, 0.3) is 0 Å². The number of carbonyl (C=O) groups is 1. The van der Waals surface area contributed by atoms with Crippen LogP contribution in [0.1, 0.15) is 39.0 Å². The average Bonchev–Trinajstić information content (AvgIpc) is 1.81. The van der Waals surface area contributed by atoms with Gasteiger partial charge in [0.05, 0.1) is 0 Å². The molecule has 0 aliphatic heterocycles. The van der Waals surface area contributed by atoms with Gasteiger partial charge in [-0.25, -0.2) is 0 Å². The van der Waals surface area contributed by atoms with Crippen molar-refractivity contribution < 1.29 is 4.79 Å². The van der Waals surface area contributed by atoms with Crippen molar-refractivity contribution in [1.82, 2.24) is 0 Å². The predicted molar refractivity (Wildman–Crippen MR) is 42.0 cm³/mol. The summed E-state index contributed by atoms with van der Waals surface area (Å²) in [5.74, 6) is 0. The number of rotatable bonds is 5. The fourth-order valence-electron chi connectivity index (χ4n) is 0.654. The maximum absolute atomic E-state index is 9.77. The summed E-state index contributed by atoms with van der Waals surface area (Å²) < 4.78 is 0. The van der Waals surface area contributed by atoms with E-state index in [2.05, 4.69) is 6.92 Å². The quantitative estimate of drug-likeness (QED) is 0.333. The number of carbonyl (C=O) groups excluding carboxylic acids is 1. The van der Waals surface area contributed by atoms with Gasteiger partial charge in [0.1, 0.15) is 6.29 Å². The fourth-order valence-corrected chi connectivity index (χ4v) is 0.654. The van der Waals surface area contributed by atoms with Crippen molar-refractivity contribution in [2.24, 2.45) is 0 Å². The Balaban J connectivity index is 0. The zero-order valence-corrected chi connectivity index (χ0v) is 5.52. The molecule has 0 rings (SSSR count). The summed E-state index contributed by atoms with van der Waals surface area (Å²) >= 11 is 0. The molecule has 0 fully saturated rings. The Morgan fingerprint density at radius 1 is 1.22 bits per heavy atom. The van der Waals surface area contributed by atoms with Crippen LogP contribution in [0.4, 0.5) is 0 Å². The van der Waals surface area contributed by atoms with Crippen LogP contribution in [0.3, 0.4) is 0 Å². The summed E-state index contributed by atoms with van der Waals surface area (Å²) in [5, 5.41) is 0. The first kappa shape index (κ1) is 12.9. The summed E-state index contributed by atoms with van der Waals surface area (Å²) in [6.45, 7) is 2.17. The summed E-state index contributed by atoms with van der Waals surface area (Å²) in [5.41, 5.74) is 0. The molecule has 0 bridgehead atoms. The van der Waals surface area contributed by atoms with Gasteiger partial charge >= 0.3 is 51.4 Å². The second kappa shape index (κ2) is 12.0. The second-order valence-corrected chi connectivity index (χ2v) is 2.02. The van der Waals surface area contributed by atoms with Gasteiger partial charge in [-0.1, -0.05) is 26.2 Å². The van der Waals surface area contributed by atoms with Crippen LogP contribution in [-0.4, -0.2) is 57.7 Å². The number of unbranched alkanes of at least 4 members (excludes halogenated alkanes) is 4. The first-order chi connectivity index (χ1) is 3.91. The Labute approximate surface area is 100 Å². The molecule has 0 amide bonds. The van der Waals surface area contributed by atoms with Crippen LogP contribution in [0, 0.1) is 0 Å². The van der Waals surface area contributed by atoms with Gasteiger partial charge in [-0.15, -0.1) is 0 Å². The van der Waals surface area contributed by atoms with Crippen LogP contribution >= 0.6 is 0 Å². The van der Waals surface area contributed by atoms with Crippen LogP contribution in [0.5, 0.6) is 0 Å². The molecule has 0 spiro atoms. The van der Waals surface area contributed by atoms with Gasteiger partial charge in [0.15, 0.2) is 0 Å². The Morgan fingerprint density at radius 3 is 2.33 bits per heavy atom. The van der Waals surface area contributed by atoms with Crippen molar-refractivity contribution in [2.45, 2.75) is 39.0 Å². The molecule has 0 unspecified atom stereocenters. The molecule has 9 heavy (non-hydrogen) atoms. The average molecular weight is 154 g/mol. The van der Waals surface area contributed by atoms with Crippen molar-refractivity contribution >= 4 is 57.7 Å². The molecule has 0 atom stereocenters. The summed E-state index contributed by atoms with van der Waals surface area (Å²) in [4.78, 5) is 9.77. The molecule has 1 nitrogen and oxygen atoms in total. The fraction of sp³-hybridized carbons (Fsp3) is 0.857. The molecule has 2 heteroatoms. The van der Waals surface area contributed by atoms with Crippen molar-refractivity contribution in [1.29, 1.82) is 0 Å². The maximum atomic E-state index is 9.77. The number of aldehydes is 1. The molecule has 0 aliphatic rings. The zero-order chi connectivity index (χ0) is 6.24. The van der Waals surface area contributed by atoms with E-state index in [1.165, 1.54) is 19.3 Å². The van der Waals surface area contributed by atoms with E-state index in [0.717, 1.165) is 19.1 Å². The van der Waals surface area contributed by atoms with Gasteiger partial charge in [-0.2, -0.15) is 0 Å². The monoisotopic (exact) mass is 154 g/mol. The molecule has 0 heterocycles. The Bertz CT molecular complexity index is 54.9. The van der Waals surface area contributed by atoms with E-state index >= 15 is 0 Å². The Kier molecular flexibility index (Phi) is 17.3. The van der Waals surface area contributed by atoms with Gasteiger partial charge < -0.3 is 4.79 Å². The van der Waals surface area contributed by atoms with E-state index in [-0.39, 0.29) is 51.4 Å². The van der Waals surface area contributed by atoms with Gasteiger partial charge in [0.2, 0.25) is 0 Å². The van der Waals surface area contributed by atoms with Gasteiger partial charge in [-0.3, -0.25) is 0 Å². The topological polar surface area (TPSA) is 17.1 Å². The summed E-state index contributed by atoms with van der Waals surface area (Å²) in [6, 6.07) is 0. The molecule has 0 aromatic heterocycles. The summed E-state index contributed by atoms with van der Waals surface area (Å²) in [6.07, 6.45) is 6.56. The molecule has 0 aliphatic carbocycles. The molecule has 0 radical (unpaired) electrons. The van der Waals surface area contributed by atoms with Crippen LogP contribution in [0.25, 0.3) is 0 Å². The third-order valence-electron chi connectivity index (χ3n) is 1.18.